The number of nitrogens with one attached hydrogen (secondary N) is 1. The van der Waals surface area contributed by atoms with E-state index in [0.29, 0.717) is 11.7 Å². The lowest BCUT2D eigenvalue weighted by molar-refractivity contribution is 0.0851. The van der Waals surface area contributed by atoms with Crippen molar-refractivity contribution in [3.63, 3.8) is 0 Å². The SMILES string of the molecule is CNC(=S)N(C)[C@H]1c2c(ccc3ccccc23)OC[C@H]1CO. The summed E-state index contributed by atoms with van der Waals surface area (Å²) in [4.78, 5) is 2.02. The van der Waals surface area contributed by atoms with Crippen molar-refractivity contribution in [2.24, 2.45) is 5.92 Å². The second-order valence-corrected chi connectivity index (χ2v) is 5.95. The van der Waals surface area contributed by atoms with Crippen molar-refractivity contribution in [2.45, 2.75) is 6.04 Å². The second-order valence-electron chi connectivity index (χ2n) is 5.56. The largest absolute Gasteiger partial charge is 0.493 e. The maximum atomic E-state index is 9.79. The maximum absolute atomic E-state index is 9.79. The van der Waals surface area contributed by atoms with Gasteiger partial charge in [0.2, 0.25) is 0 Å². The highest BCUT2D eigenvalue weighted by molar-refractivity contribution is 7.80. The van der Waals surface area contributed by atoms with E-state index in [1.54, 1.807) is 0 Å². The highest BCUT2D eigenvalue weighted by atomic mass is 32.1. The fourth-order valence-electron chi connectivity index (χ4n) is 3.20. The molecule has 0 radical (unpaired) electrons. The van der Waals surface area contributed by atoms with E-state index in [-0.39, 0.29) is 18.6 Å². The molecule has 1 aliphatic rings. The van der Waals surface area contributed by atoms with Crippen molar-refractivity contribution < 1.29 is 9.84 Å². The van der Waals surface area contributed by atoms with Crippen molar-refractivity contribution >= 4 is 28.1 Å². The smallest absolute Gasteiger partial charge is 0.168 e. The van der Waals surface area contributed by atoms with Crippen molar-refractivity contribution in [3.8, 4) is 5.75 Å². The molecule has 1 aliphatic heterocycles. The molecule has 0 saturated heterocycles. The Bertz CT molecular complexity index is 704. The number of fused-ring (bicyclic) bond motifs is 3. The number of hydrogen-bond donors (Lipinski definition) is 2. The molecule has 0 unspecified atom stereocenters. The molecule has 0 aliphatic carbocycles. The molecule has 0 bridgehead atoms. The second kappa shape index (κ2) is 6.10. The summed E-state index contributed by atoms with van der Waals surface area (Å²) in [5.41, 5.74) is 1.10. The number of thiocarbonyl (C=S) groups is 1. The van der Waals surface area contributed by atoms with Gasteiger partial charge in [-0.1, -0.05) is 30.3 Å². The summed E-state index contributed by atoms with van der Waals surface area (Å²) in [5.74, 6) is 0.855. The minimum atomic E-state index is -0.0189. The van der Waals surface area contributed by atoms with Gasteiger partial charge in [-0.15, -0.1) is 0 Å². The number of nitrogens with zero attached hydrogens (tertiary/aromatic N) is 1. The summed E-state index contributed by atoms with van der Waals surface area (Å²) in [7, 11) is 3.78. The zero-order chi connectivity index (χ0) is 15.7. The van der Waals surface area contributed by atoms with Crippen LogP contribution in [0.1, 0.15) is 11.6 Å². The quantitative estimate of drug-likeness (QED) is 0.833. The van der Waals surface area contributed by atoms with Crippen LogP contribution in [0.15, 0.2) is 36.4 Å². The van der Waals surface area contributed by atoms with Crippen LogP contribution in [0.4, 0.5) is 0 Å². The van der Waals surface area contributed by atoms with Crippen LogP contribution in [0.3, 0.4) is 0 Å². The van der Waals surface area contributed by atoms with E-state index in [1.165, 1.54) is 0 Å². The first kappa shape index (κ1) is 15.1. The number of aliphatic hydroxyl groups excluding tert-OH is 1. The van der Waals surface area contributed by atoms with E-state index in [0.717, 1.165) is 22.1 Å². The molecule has 2 atom stereocenters. The third-order valence-electron chi connectivity index (χ3n) is 4.31. The summed E-state index contributed by atoms with van der Waals surface area (Å²) in [6, 6.07) is 12.3. The predicted octanol–water partition coefficient (Wildman–Crippen LogP) is 2.32. The lowest BCUT2D eigenvalue weighted by atomic mass is 9.87. The first-order chi connectivity index (χ1) is 10.7. The molecule has 0 fully saturated rings. The van der Waals surface area contributed by atoms with Crippen LogP contribution in [-0.2, 0) is 0 Å². The Morgan fingerprint density at radius 2 is 2.14 bits per heavy atom. The molecule has 2 aromatic carbocycles. The fourth-order valence-corrected chi connectivity index (χ4v) is 3.31. The molecule has 4 nitrogen and oxygen atoms in total. The van der Waals surface area contributed by atoms with Crippen molar-refractivity contribution in [3.05, 3.63) is 42.0 Å². The molecule has 0 aromatic heterocycles. The minimum Gasteiger partial charge on any atom is -0.493 e. The number of benzene rings is 2. The van der Waals surface area contributed by atoms with Crippen LogP contribution in [-0.4, -0.2) is 42.4 Å². The monoisotopic (exact) mass is 316 g/mol. The Balaban J connectivity index is 2.20. The number of rotatable bonds is 2. The molecule has 116 valence electrons. The average molecular weight is 316 g/mol. The number of hydrogen-bond acceptors (Lipinski definition) is 3. The molecule has 1 heterocycles. The molecule has 2 aromatic rings. The van der Waals surface area contributed by atoms with Gasteiger partial charge in [-0.3, -0.25) is 0 Å². The molecule has 3 rings (SSSR count). The van der Waals surface area contributed by atoms with Gasteiger partial charge in [0.1, 0.15) is 5.75 Å². The van der Waals surface area contributed by atoms with E-state index in [4.69, 9.17) is 17.0 Å². The van der Waals surface area contributed by atoms with Gasteiger partial charge in [-0.2, -0.15) is 0 Å². The van der Waals surface area contributed by atoms with Gasteiger partial charge >= 0.3 is 0 Å². The highest BCUT2D eigenvalue weighted by Crippen LogP contribution is 2.42. The van der Waals surface area contributed by atoms with Gasteiger partial charge in [0.25, 0.3) is 0 Å². The Morgan fingerprint density at radius 1 is 1.36 bits per heavy atom. The van der Waals surface area contributed by atoms with Gasteiger partial charge < -0.3 is 20.1 Å². The van der Waals surface area contributed by atoms with Gasteiger partial charge in [0.15, 0.2) is 5.11 Å². The van der Waals surface area contributed by atoms with Crippen LogP contribution in [0.2, 0.25) is 0 Å². The van der Waals surface area contributed by atoms with E-state index in [9.17, 15) is 5.11 Å². The van der Waals surface area contributed by atoms with Crippen molar-refractivity contribution in [1.82, 2.24) is 10.2 Å². The third-order valence-corrected chi connectivity index (χ3v) is 4.80. The zero-order valence-corrected chi connectivity index (χ0v) is 13.6. The van der Waals surface area contributed by atoms with Crippen LogP contribution >= 0.6 is 12.2 Å². The van der Waals surface area contributed by atoms with Gasteiger partial charge in [-0.25, -0.2) is 0 Å². The minimum absolute atomic E-state index is 0.0141. The number of aliphatic hydroxyl groups is 1. The van der Waals surface area contributed by atoms with E-state index in [2.05, 4.69) is 23.5 Å². The molecular weight excluding hydrogens is 296 g/mol. The molecule has 2 N–H and O–H groups in total. The van der Waals surface area contributed by atoms with E-state index < -0.39 is 0 Å². The van der Waals surface area contributed by atoms with Gasteiger partial charge in [0, 0.05) is 25.6 Å². The summed E-state index contributed by atoms with van der Waals surface area (Å²) < 4.78 is 5.88. The average Bonchev–Trinajstić information content (AvgIpc) is 2.59. The number of ether oxygens (including phenoxy) is 1. The van der Waals surface area contributed by atoms with Crippen LogP contribution in [0, 0.1) is 5.92 Å². The zero-order valence-electron chi connectivity index (χ0n) is 12.7. The summed E-state index contributed by atoms with van der Waals surface area (Å²) in [6.45, 7) is 0.549. The fraction of sp³-hybridized carbons (Fsp3) is 0.353. The summed E-state index contributed by atoms with van der Waals surface area (Å²) in [6.07, 6.45) is 0. The lowest BCUT2D eigenvalue weighted by Gasteiger charge is -2.40. The summed E-state index contributed by atoms with van der Waals surface area (Å²) in [5, 5.41) is 15.8. The predicted molar refractivity (Wildman–Crippen MR) is 92.2 cm³/mol. The molecule has 5 heteroatoms. The third kappa shape index (κ3) is 2.40. The Hall–Kier alpha value is -1.85. The Labute approximate surface area is 135 Å². The van der Waals surface area contributed by atoms with Crippen LogP contribution in [0.5, 0.6) is 5.75 Å². The van der Waals surface area contributed by atoms with Crippen molar-refractivity contribution in [2.75, 3.05) is 27.3 Å². The topological polar surface area (TPSA) is 44.7 Å². The molecule has 22 heavy (non-hydrogen) atoms. The molecular formula is C17H20N2O2S. The van der Waals surface area contributed by atoms with E-state index >= 15 is 0 Å². The van der Waals surface area contributed by atoms with Crippen molar-refractivity contribution in [1.29, 1.82) is 0 Å². The standard InChI is InChI=1S/C17H20N2O2S/c1-18-17(22)19(2)16-12(9-20)10-21-14-8-7-11-5-3-4-6-13(11)15(14)16/h3-8,12,16,20H,9-10H2,1-2H3,(H,18,22)/t12-,16-/m1/s1. The Morgan fingerprint density at radius 3 is 2.86 bits per heavy atom. The normalized spacial score (nSPS) is 20.1. The molecule has 0 saturated carbocycles. The lowest BCUT2D eigenvalue weighted by Crippen LogP contribution is -2.44. The maximum Gasteiger partial charge on any atom is 0.168 e. The molecule has 0 amide bonds. The van der Waals surface area contributed by atoms with E-state index in [1.807, 2.05) is 37.2 Å². The first-order valence-corrected chi connectivity index (χ1v) is 7.78. The van der Waals surface area contributed by atoms with Gasteiger partial charge in [0.05, 0.1) is 19.3 Å². The van der Waals surface area contributed by atoms with Crippen LogP contribution < -0.4 is 10.1 Å². The Kier molecular flexibility index (Phi) is 4.18. The van der Waals surface area contributed by atoms with Gasteiger partial charge in [-0.05, 0) is 29.1 Å². The molecule has 0 spiro atoms. The first-order valence-electron chi connectivity index (χ1n) is 7.37. The summed E-state index contributed by atoms with van der Waals surface area (Å²) >= 11 is 5.40. The highest BCUT2D eigenvalue weighted by Gasteiger charge is 2.35. The van der Waals surface area contributed by atoms with Crippen LogP contribution in [0.25, 0.3) is 10.8 Å².